The van der Waals surface area contributed by atoms with Crippen molar-refractivity contribution in [2.24, 2.45) is 0 Å². The van der Waals surface area contributed by atoms with Crippen LogP contribution in [0, 0.1) is 0 Å². The number of aliphatic carboxylic acids is 1. The van der Waals surface area contributed by atoms with Gasteiger partial charge < -0.3 is 19.3 Å². The first-order valence-electron chi connectivity index (χ1n) is 5.77. The van der Waals surface area contributed by atoms with Crippen molar-refractivity contribution in [1.29, 1.82) is 0 Å². The lowest BCUT2D eigenvalue weighted by molar-refractivity contribution is -0.143. The molecule has 0 radical (unpaired) electrons. The van der Waals surface area contributed by atoms with Crippen LogP contribution in [-0.4, -0.2) is 49.6 Å². The van der Waals surface area contributed by atoms with Crippen molar-refractivity contribution in [1.82, 2.24) is 0 Å². The summed E-state index contributed by atoms with van der Waals surface area (Å²) >= 11 is 0. The number of carboxylic acid groups (broad SMARTS) is 1. The van der Waals surface area contributed by atoms with Crippen LogP contribution in [0.3, 0.4) is 0 Å². The first kappa shape index (κ1) is 16.6. The maximum atomic E-state index is 11.0. The molecular weight excluding hydrogens is 240 g/mol. The third-order valence-electron chi connectivity index (χ3n) is 1.86. The van der Waals surface area contributed by atoms with Crippen molar-refractivity contribution < 1.29 is 28.9 Å². The topological polar surface area (TPSA) is 85.4 Å². The molecule has 0 aromatic heterocycles. The molecule has 18 heavy (non-hydrogen) atoms. The van der Waals surface area contributed by atoms with Gasteiger partial charge in [0.15, 0.2) is 0 Å². The number of esters is 1. The lowest BCUT2D eigenvalue weighted by Crippen LogP contribution is -2.13. The highest BCUT2D eigenvalue weighted by Gasteiger charge is 2.24. The van der Waals surface area contributed by atoms with E-state index in [1.807, 2.05) is 13.8 Å². The van der Waals surface area contributed by atoms with Crippen molar-refractivity contribution in [3.63, 3.8) is 0 Å². The van der Waals surface area contributed by atoms with E-state index in [0.717, 1.165) is 13.2 Å². The summed E-state index contributed by atoms with van der Waals surface area (Å²) in [4.78, 5) is 21.1. The second-order valence-corrected chi connectivity index (χ2v) is 3.51. The molecule has 1 saturated heterocycles. The number of carbonyl (C=O) groups excluding carboxylic acids is 1. The van der Waals surface area contributed by atoms with E-state index in [-0.39, 0.29) is 24.7 Å². The fraction of sp³-hybridized carbons (Fsp3) is 0.667. The highest BCUT2D eigenvalue weighted by Crippen LogP contribution is 2.10. The molecule has 1 aliphatic rings. The van der Waals surface area contributed by atoms with Gasteiger partial charge in [-0.1, -0.05) is 6.58 Å². The van der Waals surface area contributed by atoms with Crippen LogP contribution in [-0.2, 0) is 23.8 Å². The molecule has 6 heteroatoms. The zero-order valence-corrected chi connectivity index (χ0v) is 10.8. The number of carbonyl (C=O) groups is 2. The normalized spacial score (nSPS) is 16.2. The van der Waals surface area contributed by atoms with Crippen LogP contribution in [0.2, 0.25) is 0 Å². The van der Waals surface area contributed by atoms with E-state index in [1.165, 1.54) is 0 Å². The largest absolute Gasteiger partial charge is 0.481 e. The summed E-state index contributed by atoms with van der Waals surface area (Å²) in [5.74, 6) is -1.76. The van der Waals surface area contributed by atoms with Crippen molar-refractivity contribution in [3.05, 3.63) is 12.2 Å². The number of rotatable bonds is 7. The first-order valence-corrected chi connectivity index (χ1v) is 5.77. The Morgan fingerprint density at radius 1 is 1.39 bits per heavy atom. The Balaban J connectivity index is 0.000000494. The second kappa shape index (κ2) is 9.61. The van der Waals surface area contributed by atoms with E-state index in [4.69, 9.17) is 19.3 Å². The zero-order valence-electron chi connectivity index (χ0n) is 10.8. The smallest absolute Gasteiger partial charge is 0.334 e. The van der Waals surface area contributed by atoms with Crippen molar-refractivity contribution >= 4 is 11.9 Å². The summed E-state index contributed by atoms with van der Waals surface area (Å²) < 4.78 is 14.3. The molecule has 1 atom stereocenters. The van der Waals surface area contributed by atoms with Gasteiger partial charge in [-0.15, -0.1) is 0 Å². The van der Waals surface area contributed by atoms with Gasteiger partial charge in [-0.25, -0.2) is 4.79 Å². The zero-order chi connectivity index (χ0) is 14.0. The number of hydrogen-bond acceptors (Lipinski definition) is 5. The highest BCUT2D eigenvalue weighted by atomic mass is 16.6. The van der Waals surface area contributed by atoms with Gasteiger partial charge in [-0.3, -0.25) is 4.79 Å². The van der Waals surface area contributed by atoms with Crippen molar-refractivity contribution in [2.75, 3.05) is 26.4 Å². The first-order chi connectivity index (χ1) is 8.51. The van der Waals surface area contributed by atoms with Crippen LogP contribution < -0.4 is 0 Å². The van der Waals surface area contributed by atoms with Crippen LogP contribution in [0.4, 0.5) is 0 Å². The van der Waals surface area contributed by atoms with Gasteiger partial charge in [0.05, 0.1) is 13.0 Å². The Morgan fingerprint density at radius 2 is 1.94 bits per heavy atom. The van der Waals surface area contributed by atoms with Gasteiger partial charge in [-0.2, -0.15) is 0 Å². The molecule has 0 bridgehead atoms. The second-order valence-electron chi connectivity index (χ2n) is 3.51. The number of carboxylic acids is 1. The Bertz CT molecular complexity index is 280. The van der Waals surface area contributed by atoms with Gasteiger partial charge in [0.1, 0.15) is 12.7 Å². The quantitative estimate of drug-likeness (QED) is 0.417. The minimum atomic E-state index is -1.09. The van der Waals surface area contributed by atoms with E-state index in [0.29, 0.717) is 6.61 Å². The molecule has 6 nitrogen and oxygen atoms in total. The fourth-order valence-corrected chi connectivity index (χ4v) is 0.894. The Kier molecular flexibility index (Phi) is 8.86. The molecule has 0 aliphatic carbocycles. The van der Waals surface area contributed by atoms with Crippen LogP contribution in [0.15, 0.2) is 12.2 Å². The van der Waals surface area contributed by atoms with Gasteiger partial charge in [0, 0.05) is 18.8 Å². The predicted molar refractivity (Wildman–Crippen MR) is 64.3 cm³/mol. The van der Waals surface area contributed by atoms with Gasteiger partial charge in [0.2, 0.25) is 0 Å². The molecule has 0 amide bonds. The lowest BCUT2D eigenvalue weighted by Gasteiger charge is -2.02. The van der Waals surface area contributed by atoms with Crippen LogP contribution in [0.5, 0.6) is 0 Å². The highest BCUT2D eigenvalue weighted by molar-refractivity contribution is 5.92. The van der Waals surface area contributed by atoms with Crippen LogP contribution in [0.1, 0.15) is 20.3 Å². The summed E-state index contributed by atoms with van der Waals surface area (Å²) in [6, 6.07) is 0. The van der Waals surface area contributed by atoms with E-state index in [9.17, 15) is 9.59 Å². The summed E-state index contributed by atoms with van der Waals surface area (Å²) in [6.45, 7) is 9.74. The SMILES string of the molecule is C=C(CC(=O)O)C(=O)OCC1CO1.CCOCC. The van der Waals surface area contributed by atoms with Crippen LogP contribution in [0.25, 0.3) is 0 Å². The van der Waals surface area contributed by atoms with Crippen molar-refractivity contribution in [3.8, 4) is 0 Å². The van der Waals surface area contributed by atoms with E-state index in [2.05, 4.69) is 6.58 Å². The minimum absolute atomic E-state index is 0.0124. The predicted octanol–water partition coefficient (Wildman–Crippen LogP) is 1.00. The molecule has 0 spiro atoms. The van der Waals surface area contributed by atoms with E-state index >= 15 is 0 Å². The summed E-state index contributed by atoms with van der Waals surface area (Å²) in [6.07, 6.45) is -0.397. The van der Waals surface area contributed by atoms with E-state index < -0.39 is 11.9 Å². The number of epoxide rings is 1. The van der Waals surface area contributed by atoms with Gasteiger partial charge >= 0.3 is 11.9 Å². The molecule has 0 aromatic rings. The average Bonchev–Trinajstić information content (AvgIpc) is 3.10. The summed E-state index contributed by atoms with van der Waals surface area (Å²) in [7, 11) is 0. The third-order valence-corrected chi connectivity index (χ3v) is 1.86. The van der Waals surface area contributed by atoms with Crippen molar-refractivity contribution in [2.45, 2.75) is 26.4 Å². The minimum Gasteiger partial charge on any atom is -0.481 e. The lowest BCUT2D eigenvalue weighted by atomic mass is 10.2. The Hall–Kier alpha value is -1.40. The molecular formula is C12H20O6. The van der Waals surface area contributed by atoms with Gasteiger partial charge in [0.25, 0.3) is 0 Å². The standard InChI is InChI=1S/C8H10O5.C4H10O/c1-5(2-7(9)10)8(11)13-4-6-3-12-6;1-3-5-4-2/h6H,1-4H2,(H,9,10);3-4H2,1-2H3. The molecule has 1 unspecified atom stereocenters. The van der Waals surface area contributed by atoms with Crippen LogP contribution >= 0.6 is 0 Å². The third kappa shape index (κ3) is 9.80. The summed E-state index contributed by atoms with van der Waals surface area (Å²) in [5.41, 5.74) is -0.0480. The molecule has 1 aliphatic heterocycles. The molecule has 1 N–H and O–H groups in total. The molecule has 104 valence electrons. The maximum absolute atomic E-state index is 11.0. The van der Waals surface area contributed by atoms with Gasteiger partial charge in [-0.05, 0) is 13.8 Å². The maximum Gasteiger partial charge on any atom is 0.334 e. The molecule has 1 heterocycles. The Labute approximate surface area is 107 Å². The Morgan fingerprint density at radius 3 is 2.28 bits per heavy atom. The number of ether oxygens (including phenoxy) is 3. The number of hydrogen-bond donors (Lipinski definition) is 1. The summed E-state index contributed by atoms with van der Waals surface area (Å²) in [5, 5.41) is 8.33. The fourth-order valence-electron chi connectivity index (χ4n) is 0.894. The molecule has 1 rings (SSSR count). The van der Waals surface area contributed by atoms with E-state index in [1.54, 1.807) is 0 Å². The molecule has 0 aromatic carbocycles. The molecule has 0 saturated carbocycles. The average molecular weight is 260 g/mol. The monoisotopic (exact) mass is 260 g/mol. The molecule has 1 fully saturated rings.